The molecule has 0 aromatic heterocycles. The zero-order chi connectivity index (χ0) is 8.10. The minimum Gasteiger partial charge on any atom is -0.338 e. The van der Waals surface area contributed by atoms with Gasteiger partial charge in [-0.2, -0.15) is 0 Å². The van der Waals surface area contributed by atoms with Gasteiger partial charge >= 0.3 is 0 Å². The molecule has 0 bridgehead atoms. The van der Waals surface area contributed by atoms with E-state index in [0.717, 1.165) is 5.56 Å². The minimum atomic E-state index is -1.75. The molecule has 0 amide bonds. The van der Waals surface area contributed by atoms with Gasteiger partial charge in [0.1, 0.15) is 0 Å². The Bertz CT molecular complexity index is 203. The molecule has 1 N–H and O–H groups in total. The Morgan fingerprint density at radius 2 is 2.00 bits per heavy atom. The van der Waals surface area contributed by atoms with Crippen LogP contribution in [0.15, 0.2) is 30.3 Å². The summed E-state index contributed by atoms with van der Waals surface area (Å²) < 4.78 is 4.81. The second-order valence-corrected chi connectivity index (χ2v) is 3.56. The van der Waals surface area contributed by atoms with Crippen molar-refractivity contribution in [2.24, 2.45) is 0 Å². The van der Waals surface area contributed by atoms with Gasteiger partial charge in [0.2, 0.25) is 0 Å². The molecule has 60 valence electrons. The van der Waals surface area contributed by atoms with E-state index < -0.39 is 7.73 Å². The molecular formula is C7H8ClO2P. The van der Waals surface area contributed by atoms with Gasteiger partial charge in [-0.15, -0.1) is 0 Å². The van der Waals surface area contributed by atoms with E-state index in [4.69, 9.17) is 20.7 Å². The lowest BCUT2D eigenvalue weighted by Gasteiger charge is -2.02. The molecule has 0 saturated carbocycles. The first-order valence-corrected chi connectivity index (χ1v) is 5.22. The number of hydrogen-bond donors (Lipinski definition) is 1. The van der Waals surface area contributed by atoms with Crippen molar-refractivity contribution in [1.29, 1.82) is 0 Å². The van der Waals surface area contributed by atoms with Crippen LogP contribution in [0.4, 0.5) is 0 Å². The van der Waals surface area contributed by atoms with E-state index in [1.54, 1.807) is 0 Å². The van der Waals surface area contributed by atoms with E-state index in [1.807, 2.05) is 30.3 Å². The molecule has 0 heterocycles. The topological polar surface area (TPSA) is 29.5 Å². The van der Waals surface area contributed by atoms with E-state index in [2.05, 4.69) is 0 Å². The third kappa shape index (κ3) is 3.68. The summed E-state index contributed by atoms with van der Waals surface area (Å²) in [5.41, 5.74) is 1.01. The van der Waals surface area contributed by atoms with Crippen LogP contribution in [-0.2, 0) is 11.1 Å². The zero-order valence-corrected chi connectivity index (χ0v) is 7.42. The third-order valence-electron chi connectivity index (χ3n) is 1.18. The van der Waals surface area contributed by atoms with Gasteiger partial charge in [-0.25, -0.2) is 0 Å². The molecule has 4 heteroatoms. The molecule has 0 saturated heterocycles. The van der Waals surface area contributed by atoms with Crippen molar-refractivity contribution in [2.45, 2.75) is 6.61 Å². The van der Waals surface area contributed by atoms with E-state index in [1.165, 1.54) is 0 Å². The minimum absolute atomic E-state index is 0.368. The average Bonchev–Trinajstić information content (AvgIpc) is 2.03. The Morgan fingerprint density at radius 1 is 1.36 bits per heavy atom. The molecule has 1 atom stereocenters. The highest BCUT2D eigenvalue weighted by Crippen LogP contribution is 2.37. The van der Waals surface area contributed by atoms with Crippen LogP contribution in [0, 0.1) is 0 Å². The van der Waals surface area contributed by atoms with Gasteiger partial charge in [0.05, 0.1) is 6.61 Å². The summed E-state index contributed by atoms with van der Waals surface area (Å²) in [6.07, 6.45) is 0. The highest BCUT2D eigenvalue weighted by Gasteiger charge is 1.98. The van der Waals surface area contributed by atoms with Crippen molar-refractivity contribution < 1.29 is 9.42 Å². The molecule has 1 aromatic rings. The van der Waals surface area contributed by atoms with Crippen molar-refractivity contribution in [3.8, 4) is 0 Å². The van der Waals surface area contributed by atoms with Gasteiger partial charge in [-0.05, 0) is 16.8 Å². The fourth-order valence-electron chi connectivity index (χ4n) is 0.702. The molecule has 0 radical (unpaired) electrons. The van der Waals surface area contributed by atoms with Crippen molar-refractivity contribution in [1.82, 2.24) is 0 Å². The Morgan fingerprint density at radius 3 is 2.55 bits per heavy atom. The lowest BCUT2D eigenvalue weighted by Crippen LogP contribution is -1.84. The summed E-state index contributed by atoms with van der Waals surface area (Å²) >= 11 is 5.23. The fraction of sp³-hybridized carbons (Fsp3) is 0.143. The molecule has 0 aliphatic heterocycles. The monoisotopic (exact) mass is 190 g/mol. The van der Waals surface area contributed by atoms with Crippen LogP contribution < -0.4 is 0 Å². The summed E-state index contributed by atoms with van der Waals surface area (Å²) in [7, 11) is -1.75. The van der Waals surface area contributed by atoms with Gasteiger partial charge < -0.3 is 9.42 Å². The smallest absolute Gasteiger partial charge is 0.274 e. The molecule has 0 spiro atoms. The van der Waals surface area contributed by atoms with E-state index in [9.17, 15) is 0 Å². The number of hydrogen-bond acceptors (Lipinski definition) is 2. The molecular weight excluding hydrogens is 183 g/mol. The zero-order valence-electron chi connectivity index (χ0n) is 5.77. The second kappa shape index (κ2) is 4.68. The average molecular weight is 191 g/mol. The highest BCUT2D eigenvalue weighted by atomic mass is 35.7. The summed E-state index contributed by atoms with van der Waals surface area (Å²) in [4.78, 5) is 8.62. The van der Waals surface area contributed by atoms with E-state index >= 15 is 0 Å². The van der Waals surface area contributed by atoms with Gasteiger partial charge in [-0.3, -0.25) is 0 Å². The summed E-state index contributed by atoms with van der Waals surface area (Å²) in [5, 5.41) is 0. The first-order chi connectivity index (χ1) is 5.29. The van der Waals surface area contributed by atoms with Crippen molar-refractivity contribution in [3.05, 3.63) is 35.9 Å². The molecule has 1 unspecified atom stereocenters. The maximum atomic E-state index is 8.62. The Labute approximate surface area is 71.5 Å². The molecule has 0 fully saturated rings. The van der Waals surface area contributed by atoms with E-state index in [0.29, 0.717) is 6.61 Å². The van der Waals surface area contributed by atoms with E-state index in [-0.39, 0.29) is 0 Å². The van der Waals surface area contributed by atoms with Crippen molar-refractivity contribution >= 4 is 19.0 Å². The van der Waals surface area contributed by atoms with Gasteiger partial charge in [-0.1, -0.05) is 30.3 Å². The van der Waals surface area contributed by atoms with Crippen LogP contribution in [0.3, 0.4) is 0 Å². The maximum absolute atomic E-state index is 8.62. The number of benzene rings is 1. The largest absolute Gasteiger partial charge is 0.338 e. The standard InChI is InChI=1S/C7H8ClO2P/c8-11(9)10-6-7-4-2-1-3-5-7/h1-5,9H,6H2. The fourth-order valence-corrected chi connectivity index (χ4v) is 1.10. The van der Waals surface area contributed by atoms with Gasteiger partial charge in [0.25, 0.3) is 7.73 Å². The summed E-state index contributed by atoms with van der Waals surface area (Å²) in [5.74, 6) is 0. The summed E-state index contributed by atoms with van der Waals surface area (Å²) in [6.45, 7) is 0.368. The lowest BCUT2D eigenvalue weighted by molar-refractivity contribution is 0.310. The molecule has 1 rings (SSSR count). The lowest BCUT2D eigenvalue weighted by atomic mass is 10.2. The van der Waals surface area contributed by atoms with Crippen molar-refractivity contribution in [3.63, 3.8) is 0 Å². The summed E-state index contributed by atoms with van der Waals surface area (Å²) in [6, 6.07) is 9.57. The number of halogens is 1. The Balaban J connectivity index is 2.39. The Hall–Kier alpha value is -0.140. The van der Waals surface area contributed by atoms with Crippen LogP contribution in [0.5, 0.6) is 0 Å². The Kier molecular flexibility index (Phi) is 3.81. The van der Waals surface area contributed by atoms with Gasteiger partial charge in [0, 0.05) is 0 Å². The molecule has 2 nitrogen and oxygen atoms in total. The second-order valence-electron chi connectivity index (χ2n) is 1.99. The maximum Gasteiger partial charge on any atom is 0.274 e. The van der Waals surface area contributed by atoms with Crippen LogP contribution in [0.1, 0.15) is 5.56 Å². The van der Waals surface area contributed by atoms with Crippen LogP contribution in [0.25, 0.3) is 0 Å². The SMILES string of the molecule is OP(Cl)OCc1ccccc1. The molecule has 11 heavy (non-hydrogen) atoms. The normalized spacial score (nSPS) is 12.9. The van der Waals surface area contributed by atoms with Crippen LogP contribution >= 0.6 is 19.0 Å². The molecule has 0 aliphatic rings. The first-order valence-electron chi connectivity index (χ1n) is 3.10. The first kappa shape index (κ1) is 8.95. The molecule has 1 aromatic carbocycles. The predicted molar refractivity (Wildman–Crippen MR) is 46.2 cm³/mol. The van der Waals surface area contributed by atoms with Crippen molar-refractivity contribution in [2.75, 3.05) is 0 Å². The highest BCUT2D eigenvalue weighted by molar-refractivity contribution is 7.75. The number of rotatable bonds is 3. The quantitative estimate of drug-likeness (QED) is 0.743. The predicted octanol–water partition coefficient (Wildman–Crippen LogP) is 2.66. The van der Waals surface area contributed by atoms with Crippen LogP contribution in [0.2, 0.25) is 0 Å². The van der Waals surface area contributed by atoms with Crippen LogP contribution in [-0.4, -0.2) is 4.89 Å². The van der Waals surface area contributed by atoms with Gasteiger partial charge in [0.15, 0.2) is 0 Å². The third-order valence-corrected chi connectivity index (χ3v) is 1.82. The molecule has 0 aliphatic carbocycles.